The van der Waals surface area contributed by atoms with Crippen LogP contribution in [0, 0.1) is 12.7 Å². The molecule has 2 aromatic carbocycles. The summed E-state index contributed by atoms with van der Waals surface area (Å²) >= 11 is 9.75. The lowest BCUT2D eigenvalue weighted by molar-refractivity contribution is 0.0283. The van der Waals surface area contributed by atoms with Crippen LogP contribution in [-0.2, 0) is 11.3 Å². The van der Waals surface area contributed by atoms with Crippen LogP contribution in [0.2, 0.25) is 5.02 Å². The highest BCUT2D eigenvalue weighted by atomic mass is 79.9. The average Bonchev–Trinajstić information content (AvgIpc) is 2.66. The molecule has 0 saturated carbocycles. The third kappa shape index (κ3) is 5.01. The van der Waals surface area contributed by atoms with Crippen LogP contribution in [0.4, 0.5) is 4.39 Å². The van der Waals surface area contributed by atoms with Gasteiger partial charge >= 0.3 is 0 Å². The van der Waals surface area contributed by atoms with Gasteiger partial charge in [-0.15, -0.1) is 0 Å². The molecule has 1 fully saturated rings. The molecule has 1 saturated heterocycles. The maximum absolute atomic E-state index is 13.2. The number of aryl methyl sites for hydroxylation is 1. The van der Waals surface area contributed by atoms with Gasteiger partial charge in [-0.2, -0.15) is 0 Å². The Labute approximate surface area is 184 Å². The van der Waals surface area contributed by atoms with Crippen LogP contribution >= 0.6 is 27.5 Å². The summed E-state index contributed by atoms with van der Waals surface area (Å²) in [5.74, 6) is 2.48. The molecule has 0 spiro atoms. The highest BCUT2D eigenvalue weighted by molar-refractivity contribution is 9.10. The number of ether oxygens (including phenoxy) is 1. The molecule has 0 amide bonds. The molecule has 0 aliphatic carbocycles. The Bertz CT molecular complexity index is 908. The fraction of sp³-hybridized carbons (Fsp3) is 0.364. The summed E-state index contributed by atoms with van der Waals surface area (Å²) < 4.78 is 20.1. The van der Waals surface area contributed by atoms with Crippen molar-refractivity contribution in [1.29, 1.82) is 0 Å². The minimum absolute atomic E-state index is 0.0674. The summed E-state index contributed by atoms with van der Waals surface area (Å²) in [5, 5.41) is 0.540. The molecule has 1 aliphatic heterocycles. The van der Waals surface area contributed by atoms with Gasteiger partial charge in [0, 0.05) is 23.6 Å². The second kappa shape index (κ2) is 9.31. The molecule has 154 valence electrons. The lowest BCUT2D eigenvalue weighted by Crippen LogP contribution is -2.55. The van der Waals surface area contributed by atoms with Gasteiger partial charge in [-0.25, -0.2) is 9.18 Å². The van der Waals surface area contributed by atoms with Crippen molar-refractivity contribution in [3.8, 4) is 5.75 Å². The standard InChI is InChI=1S/C22H23BrClFN2O2/c1-14-8-18(23)9-20(24)22(14)29-13-26-10-15(2)27(21(12-28)16(26)3)11-17-4-6-19(25)7-5-17/h4-9,15-16H,10-11,13H2,1-3H3/t15-,16+/m1/s1. The van der Waals surface area contributed by atoms with Crippen molar-refractivity contribution in [2.75, 3.05) is 13.3 Å². The number of nitrogens with zero attached hydrogens (tertiary/aromatic N) is 2. The number of rotatable bonds is 5. The van der Waals surface area contributed by atoms with Gasteiger partial charge in [-0.3, -0.25) is 4.90 Å². The number of benzene rings is 2. The third-order valence-electron chi connectivity index (χ3n) is 5.22. The summed E-state index contributed by atoms with van der Waals surface area (Å²) in [6.07, 6.45) is 0. The number of hydrogen-bond acceptors (Lipinski definition) is 4. The molecule has 1 heterocycles. The maximum Gasteiger partial charge on any atom is 0.147 e. The summed E-state index contributed by atoms with van der Waals surface area (Å²) in [6, 6.07) is 9.99. The van der Waals surface area contributed by atoms with Crippen molar-refractivity contribution >= 4 is 33.5 Å². The van der Waals surface area contributed by atoms with E-state index >= 15 is 0 Å². The topological polar surface area (TPSA) is 32.8 Å². The Hall–Kier alpha value is -1.85. The first-order valence-corrected chi connectivity index (χ1v) is 10.6. The van der Waals surface area contributed by atoms with Crippen molar-refractivity contribution < 1.29 is 13.9 Å². The van der Waals surface area contributed by atoms with Gasteiger partial charge in [-0.1, -0.05) is 39.7 Å². The number of carbonyl (C=O) groups excluding carboxylic acids is 1. The molecule has 0 N–H and O–H groups in total. The number of hydrogen-bond donors (Lipinski definition) is 0. The zero-order valence-corrected chi connectivity index (χ0v) is 18.9. The van der Waals surface area contributed by atoms with Gasteiger partial charge < -0.3 is 9.64 Å². The number of piperazine rings is 1. The van der Waals surface area contributed by atoms with Crippen LogP contribution in [0.3, 0.4) is 0 Å². The normalized spacial score (nSPS) is 19.9. The van der Waals surface area contributed by atoms with Crippen LogP contribution in [0.15, 0.2) is 46.6 Å². The SMILES string of the molecule is Cc1cc(Br)cc(Cl)c1OCN1C[C@@H](C)N(Cc2ccc(F)cc2)C(=C=O)[C@@H]1C. The van der Waals surface area contributed by atoms with Crippen LogP contribution in [0.5, 0.6) is 5.75 Å². The lowest BCUT2D eigenvalue weighted by atomic mass is 10.0. The van der Waals surface area contributed by atoms with Gasteiger partial charge in [0.15, 0.2) is 0 Å². The molecule has 1 aliphatic rings. The maximum atomic E-state index is 13.2. The first-order chi connectivity index (χ1) is 13.8. The van der Waals surface area contributed by atoms with Crippen molar-refractivity contribution in [3.05, 3.63) is 68.5 Å². The van der Waals surface area contributed by atoms with Crippen molar-refractivity contribution in [1.82, 2.24) is 9.80 Å². The molecule has 29 heavy (non-hydrogen) atoms. The van der Waals surface area contributed by atoms with E-state index in [1.807, 2.05) is 24.8 Å². The van der Waals surface area contributed by atoms with Gasteiger partial charge in [0.2, 0.25) is 0 Å². The minimum Gasteiger partial charge on any atom is -0.476 e. The largest absolute Gasteiger partial charge is 0.476 e. The second-order valence-electron chi connectivity index (χ2n) is 7.35. The Morgan fingerprint density at radius 3 is 2.59 bits per heavy atom. The molecule has 7 heteroatoms. The molecular formula is C22H23BrClFN2O2. The zero-order valence-electron chi connectivity index (χ0n) is 16.6. The smallest absolute Gasteiger partial charge is 0.147 e. The van der Waals surface area contributed by atoms with E-state index < -0.39 is 0 Å². The summed E-state index contributed by atoms with van der Waals surface area (Å²) in [7, 11) is 0. The van der Waals surface area contributed by atoms with Crippen LogP contribution in [0.25, 0.3) is 0 Å². The highest BCUT2D eigenvalue weighted by Crippen LogP contribution is 2.33. The van der Waals surface area contributed by atoms with E-state index in [1.54, 1.807) is 18.2 Å². The van der Waals surface area contributed by atoms with Gasteiger partial charge in [0.05, 0.1) is 11.1 Å². The molecule has 0 aromatic heterocycles. The minimum atomic E-state index is -0.273. The van der Waals surface area contributed by atoms with E-state index in [4.69, 9.17) is 16.3 Å². The molecular weight excluding hydrogens is 459 g/mol. The summed E-state index contributed by atoms with van der Waals surface area (Å²) in [6.45, 7) is 7.50. The summed E-state index contributed by atoms with van der Waals surface area (Å²) in [4.78, 5) is 15.9. The first kappa shape index (κ1) is 21.8. The van der Waals surface area contributed by atoms with Gasteiger partial charge in [-0.05, 0) is 56.2 Å². The first-order valence-electron chi connectivity index (χ1n) is 9.38. The number of halogens is 3. The molecule has 0 unspecified atom stereocenters. The Morgan fingerprint density at radius 2 is 1.97 bits per heavy atom. The average molecular weight is 482 g/mol. The Morgan fingerprint density at radius 1 is 1.28 bits per heavy atom. The van der Waals surface area contributed by atoms with E-state index in [9.17, 15) is 9.18 Å². The lowest BCUT2D eigenvalue weighted by Gasteiger charge is -2.45. The second-order valence-corrected chi connectivity index (χ2v) is 8.67. The quantitative estimate of drug-likeness (QED) is 0.550. The van der Waals surface area contributed by atoms with E-state index in [2.05, 4.69) is 33.7 Å². The molecule has 3 rings (SSSR count). The van der Waals surface area contributed by atoms with Crippen LogP contribution < -0.4 is 4.74 Å². The monoisotopic (exact) mass is 480 g/mol. The van der Waals surface area contributed by atoms with Crippen molar-refractivity contribution in [2.45, 2.75) is 39.4 Å². The van der Waals surface area contributed by atoms with Gasteiger partial charge in [0.1, 0.15) is 29.9 Å². The molecule has 2 aromatic rings. The molecule has 0 radical (unpaired) electrons. The highest BCUT2D eigenvalue weighted by Gasteiger charge is 2.34. The third-order valence-corrected chi connectivity index (χ3v) is 5.96. The van der Waals surface area contributed by atoms with Gasteiger partial charge in [0.25, 0.3) is 0 Å². The van der Waals surface area contributed by atoms with Crippen LogP contribution in [0.1, 0.15) is 25.0 Å². The fourth-order valence-corrected chi connectivity index (χ4v) is 4.63. The summed E-state index contributed by atoms with van der Waals surface area (Å²) in [5.41, 5.74) is 2.45. The van der Waals surface area contributed by atoms with Crippen molar-refractivity contribution in [3.63, 3.8) is 0 Å². The zero-order chi connectivity index (χ0) is 21.1. The van der Waals surface area contributed by atoms with E-state index in [0.29, 0.717) is 36.3 Å². The van der Waals surface area contributed by atoms with E-state index in [-0.39, 0.29) is 17.9 Å². The van der Waals surface area contributed by atoms with Crippen LogP contribution in [-0.4, -0.2) is 41.1 Å². The predicted octanol–water partition coefficient (Wildman–Crippen LogP) is 5.20. The molecule has 2 atom stereocenters. The van der Waals surface area contributed by atoms with Crippen molar-refractivity contribution in [2.24, 2.45) is 0 Å². The Balaban J connectivity index is 1.73. The van der Waals surface area contributed by atoms with E-state index in [0.717, 1.165) is 15.6 Å². The fourth-order valence-electron chi connectivity index (χ4n) is 3.60. The van der Waals surface area contributed by atoms with E-state index in [1.165, 1.54) is 12.1 Å². The predicted molar refractivity (Wildman–Crippen MR) is 116 cm³/mol. The Kier molecular flexibility index (Phi) is 7.01. The molecule has 4 nitrogen and oxygen atoms in total. The molecule has 0 bridgehead atoms.